The van der Waals surface area contributed by atoms with Crippen LogP contribution in [0.25, 0.3) is 27.5 Å². The molecule has 0 saturated carbocycles. The van der Waals surface area contributed by atoms with Crippen LogP contribution in [0.15, 0.2) is 83.8 Å². The fourth-order valence-electron chi connectivity index (χ4n) is 5.12. The van der Waals surface area contributed by atoms with Crippen molar-refractivity contribution in [2.75, 3.05) is 31.1 Å². The standard InChI is InChI=1S/C30H24F2N4O3/c31-20-6-9-22(10-7-20)36-18-24(30(38)39)29(37)23-15-25(32)28(16-27(23)36)35-13-11-34(12-14-35)17-21-8-5-19-3-1-2-4-26(19)33-21/h1-10,15-16,18H,11-14,17H2,(H,38,39). The van der Waals surface area contributed by atoms with E-state index in [0.29, 0.717) is 49.6 Å². The third-order valence-corrected chi connectivity index (χ3v) is 7.16. The van der Waals surface area contributed by atoms with E-state index in [4.69, 9.17) is 4.98 Å². The van der Waals surface area contributed by atoms with Gasteiger partial charge in [-0.25, -0.2) is 13.6 Å². The highest BCUT2D eigenvalue weighted by Crippen LogP contribution is 2.28. The van der Waals surface area contributed by atoms with Crippen LogP contribution in [-0.4, -0.2) is 51.7 Å². The fourth-order valence-corrected chi connectivity index (χ4v) is 5.12. The highest BCUT2D eigenvalue weighted by Gasteiger charge is 2.23. The van der Waals surface area contributed by atoms with Gasteiger partial charge >= 0.3 is 5.97 Å². The van der Waals surface area contributed by atoms with Crippen LogP contribution in [0.4, 0.5) is 14.5 Å². The Kier molecular flexibility index (Phi) is 6.28. The molecule has 1 aliphatic rings. The molecule has 39 heavy (non-hydrogen) atoms. The highest BCUT2D eigenvalue weighted by molar-refractivity contribution is 5.94. The van der Waals surface area contributed by atoms with Crippen LogP contribution < -0.4 is 10.3 Å². The van der Waals surface area contributed by atoms with Gasteiger partial charge in [0.2, 0.25) is 5.43 Å². The second-order valence-corrected chi connectivity index (χ2v) is 9.60. The number of carboxylic acid groups (broad SMARTS) is 1. The number of piperazine rings is 1. The molecule has 196 valence electrons. The van der Waals surface area contributed by atoms with E-state index in [9.17, 15) is 19.1 Å². The predicted molar refractivity (Wildman–Crippen MR) is 146 cm³/mol. The molecule has 1 fully saturated rings. The van der Waals surface area contributed by atoms with E-state index in [1.165, 1.54) is 35.0 Å². The molecule has 6 rings (SSSR count). The quantitative estimate of drug-likeness (QED) is 0.353. The number of hydrogen-bond donors (Lipinski definition) is 1. The van der Waals surface area contributed by atoms with Gasteiger partial charge in [-0.3, -0.25) is 14.7 Å². The summed E-state index contributed by atoms with van der Waals surface area (Å²) in [5.74, 6) is -2.47. The van der Waals surface area contributed by atoms with E-state index < -0.39 is 28.6 Å². The van der Waals surface area contributed by atoms with Gasteiger partial charge in [0.15, 0.2) is 0 Å². The molecule has 7 nitrogen and oxygen atoms in total. The lowest BCUT2D eigenvalue weighted by Crippen LogP contribution is -2.46. The van der Waals surface area contributed by atoms with Gasteiger partial charge < -0.3 is 14.6 Å². The number of para-hydroxylation sites is 1. The Hall–Kier alpha value is -4.63. The van der Waals surface area contributed by atoms with Crippen LogP contribution in [0, 0.1) is 11.6 Å². The number of rotatable bonds is 5. The zero-order valence-corrected chi connectivity index (χ0v) is 20.8. The molecule has 0 bridgehead atoms. The van der Waals surface area contributed by atoms with Gasteiger partial charge in [-0.2, -0.15) is 0 Å². The lowest BCUT2D eigenvalue weighted by atomic mass is 10.1. The maximum Gasteiger partial charge on any atom is 0.341 e. The van der Waals surface area contributed by atoms with E-state index >= 15 is 4.39 Å². The number of nitrogens with zero attached hydrogens (tertiary/aromatic N) is 4. The molecule has 1 N–H and O–H groups in total. The number of pyridine rings is 2. The van der Waals surface area contributed by atoms with Gasteiger partial charge in [-0.05, 0) is 48.5 Å². The Morgan fingerprint density at radius 3 is 2.41 bits per heavy atom. The third-order valence-electron chi connectivity index (χ3n) is 7.16. The molecule has 0 spiro atoms. The van der Waals surface area contributed by atoms with Crippen molar-refractivity contribution in [1.82, 2.24) is 14.5 Å². The molecular weight excluding hydrogens is 502 g/mol. The largest absolute Gasteiger partial charge is 0.477 e. The molecule has 1 aliphatic heterocycles. The van der Waals surface area contributed by atoms with Crippen LogP contribution in [0.2, 0.25) is 0 Å². The lowest BCUT2D eigenvalue weighted by Gasteiger charge is -2.36. The van der Waals surface area contributed by atoms with Crippen molar-refractivity contribution >= 4 is 33.5 Å². The summed E-state index contributed by atoms with van der Waals surface area (Å²) in [4.78, 5) is 33.6. The van der Waals surface area contributed by atoms with Crippen LogP contribution in [0.1, 0.15) is 16.1 Å². The number of anilines is 1. The molecule has 5 aromatic rings. The Bertz CT molecular complexity index is 1780. The molecular formula is C30H24F2N4O3. The van der Waals surface area contributed by atoms with Gasteiger partial charge in [0.25, 0.3) is 0 Å². The van der Waals surface area contributed by atoms with Crippen molar-refractivity contribution in [2.24, 2.45) is 0 Å². The van der Waals surface area contributed by atoms with E-state index in [2.05, 4.69) is 11.0 Å². The van der Waals surface area contributed by atoms with Crippen LogP contribution in [0.5, 0.6) is 0 Å². The summed E-state index contributed by atoms with van der Waals surface area (Å²) in [6, 6.07) is 20.2. The zero-order chi connectivity index (χ0) is 27.1. The summed E-state index contributed by atoms with van der Waals surface area (Å²) < 4.78 is 30.4. The third kappa shape index (κ3) is 4.72. The summed E-state index contributed by atoms with van der Waals surface area (Å²) in [6.07, 6.45) is 1.20. The number of hydrogen-bond acceptors (Lipinski definition) is 5. The summed E-state index contributed by atoms with van der Waals surface area (Å²) in [7, 11) is 0. The van der Waals surface area contributed by atoms with Gasteiger partial charge in [-0.1, -0.05) is 24.3 Å². The molecule has 0 aliphatic carbocycles. The number of aromatic carboxylic acids is 1. The smallest absolute Gasteiger partial charge is 0.341 e. The van der Waals surface area contributed by atoms with Gasteiger partial charge in [0, 0.05) is 55.4 Å². The van der Waals surface area contributed by atoms with Crippen molar-refractivity contribution in [3.63, 3.8) is 0 Å². The number of halogens is 2. The first-order chi connectivity index (χ1) is 18.9. The lowest BCUT2D eigenvalue weighted by molar-refractivity contribution is 0.0695. The van der Waals surface area contributed by atoms with E-state index in [0.717, 1.165) is 22.7 Å². The van der Waals surface area contributed by atoms with Gasteiger partial charge in [-0.15, -0.1) is 0 Å². The molecule has 0 amide bonds. The van der Waals surface area contributed by atoms with Crippen LogP contribution >= 0.6 is 0 Å². The first-order valence-electron chi connectivity index (χ1n) is 12.6. The molecule has 3 aromatic carbocycles. The summed E-state index contributed by atoms with van der Waals surface area (Å²) in [6.45, 7) is 3.18. The minimum Gasteiger partial charge on any atom is -0.477 e. The van der Waals surface area contributed by atoms with Crippen molar-refractivity contribution in [3.8, 4) is 5.69 Å². The average molecular weight is 527 g/mol. The highest BCUT2D eigenvalue weighted by atomic mass is 19.1. The summed E-state index contributed by atoms with van der Waals surface area (Å²) in [5.41, 5.74) is 1.78. The Balaban J connectivity index is 1.30. The minimum atomic E-state index is -1.42. The molecule has 9 heteroatoms. The Morgan fingerprint density at radius 2 is 1.67 bits per heavy atom. The Morgan fingerprint density at radius 1 is 0.923 bits per heavy atom. The molecule has 2 aromatic heterocycles. The van der Waals surface area contributed by atoms with Crippen molar-refractivity contribution in [2.45, 2.75) is 6.54 Å². The predicted octanol–water partition coefficient (Wildman–Crippen LogP) is 4.84. The van der Waals surface area contributed by atoms with Crippen LogP contribution in [0.3, 0.4) is 0 Å². The van der Waals surface area contributed by atoms with E-state index in [-0.39, 0.29) is 5.39 Å². The Labute approximate surface area is 222 Å². The number of benzene rings is 3. The van der Waals surface area contributed by atoms with Gasteiger partial charge in [0.1, 0.15) is 17.2 Å². The summed E-state index contributed by atoms with van der Waals surface area (Å²) >= 11 is 0. The first-order valence-corrected chi connectivity index (χ1v) is 12.6. The molecule has 0 atom stereocenters. The normalized spacial score (nSPS) is 14.3. The summed E-state index contributed by atoms with van der Waals surface area (Å²) in [5, 5.41) is 10.6. The number of fused-ring (bicyclic) bond motifs is 2. The zero-order valence-electron chi connectivity index (χ0n) is 20.8. The second kappa shape index (κ2) is 9.92. The monoisotopic (exact) mass is 526 g/mol. The second-order valence-electron chi connectivity index (χ2n) is 9.60. The molecule has 3 heterocycles. The van der Waals surface area contributed by atoms with Crippen molar-refractivity contribution in [3.05, 3.63) is 112 Å². The SMILES string of the molecule is O=C(O)c1cn(-c2ccc(F)cc2)c2cc(N3CCN(Cc4ccc5ccccc5n4)CC3)c(F)cc2c1=O. The average Bonchev–Trinajstić information content (AvgIpc) is 2.94. The van der Waals surface area contributed by atoms with Crippen LogP contribution in [-0.2, 0) is 6.54 Å². The first kappa shape index (κ1) is 24.7. The van der Waals surface area contributed by atoms with Gasteiger partial charge in [0.05, 0.1) is 22.4 Å². The molecule has 0 radical (unpaired) electrons. The minimum absolute atomic E-state index is 0.0542. The maximum atomic E-state index is 15.4. The maximum absolute atomic E-state index is 15.4. The topological polar surface area (TPSA) is 78.7 Å². The molecule has 0 unspecified atom stereocenters. The number of carbonyl (C=O) groups is 1. The van der Waals surface area contributed by atoms with E-state index in [1.807, 2.05) is 35.2 Å². The van der Waals surface area contributed by atoms with E-state index in [1.54, 1.807) is 6.07 Å². The molecule has 1 saturated heterocycles. The fraction of sp³-hybridized carbons (Fsp3) is 0.167. The number of carboxylic acids is 1. The number of aromatic nitrogens is 2. The van der Waals surface area contributed by atoms with Crippen molar-refractivity contribution < 1.29 is 18.7 Å². The van der Waals surface area contributed by atoms with Crippen molar-refractivity contribution in [1.29, 1.82) is 0 Å².